The van der Waals surface area contributed by atoms with Crippen LogP contribution in [0.1, 0.15) is 56.9 Å². The first-order chi connectivity index (χ1) is 20.5. The number of carbonyl (C=O) groups is 2. The van der Waals surface area contributed by atoms with Crippen molar-refractivity contribution in [2.24, 2.45) is 5.14 Å². The minimum Gasteiger partial charge on any atom is -0.857 e. The van der Waals surface area contributed by atoms with Gasteiger partial charge >= 0.3 is 35.5 Å². The number of anilines is 2. The number of benzene rings is 2. The maximum atomic E-state index is 12.2. The predicted octanol–water partition coefficient (Wildman–Crippen LogP) is 0.570. The molecule has 0 saturated carbocycles. The number of nitrogens with two attached hydrogens (primary N) is 1. The van der Waals surface area contributed by atoms with Crippen molar-refractivity contribution in [3.05, 3.63) is 55.5 Å². The van der Waals surface area contributed by atoms with E-state index in [0.717, 1.165) is 49.7 Å². The molecule has 3 N–H and O–H groups in total. The second-order valence-electron chi connectivity index (χ2n) is 10.9. The largest absolute Gasteiger partial charge is 1.00 e. The Morgan fingerprint density at radius 2 is 1.39 bits per heavy atom. The molecule has 1 aliphatic heterocycles. The molecule has 0 atom stereocenters. The minimum absolute atomic E-state index is 0. The molecule has 0 unspecified atom stereocenters. The third-order valence-corrected chi connectivity index (χ3v) is 12.2. The van der Waals surface area contributed by atoms with Gasteiger partial charge in [-0.3, -0.25) is 9.10 Å². The van der Waals surface area contributed by atoms with Gasteiger partial charge in [-0.2, -0.15) is 15.5 Å². The molecule has 0 aromatic heterocycles. The van der Waals surface area contributed by atoms with Gasteiger partial charge < -0.3 is 14.9 Å². The third-order valence-electron chi connectivity index (χ3n) is 6.63. The van der Waals surface area contributed by atoms with Gasteiger partial charge in [0.1, 0.15) is 16.8 Å². The SMILES string of the molecule is CCOC(=O)C(C)(C)N(c1cc(C)c(Br)c(C)c1)S(N)(=O)=O.CO.C[O-].Cc1cc(N2C(C)(C)C(=O)CS2(=O)=O)cc(C)c1Br.[Na+]. The van der Waals surface area contributed by atoms with Gasteiger partial charge in [0.15, 0.2) is 5.78 Å². The second-order valence-corrected chi connectivity index (χ2v) is 15.7. The topological polar surface area (TPSA) is 187 Å². The van der Waals surface area contributed by atoms with Crippen LogP contribution in [0.5, 0.6) is 0 Å². The molecule has 1 fully saturated rings. The molecule has 1 saturated heterocycles. The van der Waals surface area contributed by atoms with Crippen molar-refractivity contribution in [1.82, 2.24) is 0 Å². The summed E-state index contributed by atoms with van der Waals surface area (Å²) >= 11 is 6.88. The van der Waals surface area contributed by atoms with E-state index in [1.165, 1.54) is 18.2 Å². The molecule has 0 radical (unpaired) electrons. The van der Waals surface area contributed by atoms with E-state index in [0.29, 0.717) is 11.4 Å². The fourth-order valence-electron chi connectivity index (χ4n) is 4.61. The normalized spacial score (nSPS) is 14.7. The molecule has 0 aliphatic carbocycles. The molecule has 0 spiro atoms. The Bertz CT molecular complexity index is 1550. The number of aliphatic hydroxyl groups excluding tert-OH is 1. The molecule has 12 nitrogen and oxygen atoms in total. The molecule has 1 heterocycles. The Hall–Kier alpha value is -1.08. The van der Waals surface area contributed by atoms with Gasteiger partial charge in [0.2, 0.25) is 10.0 Å². The number of ketones is 1. The summed E-state index contributed by atoms with van der Waals surface area (Å²) < 4.78 is 57.5. The van der Waals surface area contributed by atoms with Gasteiger partial charge in [-0.05, 0) is 109 Å². The molecule has 1 aliphatic rings. The zero-order valence-electron chi connectivity index (χ0n) is 28.5. The van der Waals surface area contributed by atoms with Crippen molar-refractivity contribution in [1.29, 1.82) is 0 Å². The number of Topliss-reactive ketones (excluding diaryl/α,β-unsaturated/α-hetero) is 1. The third kappa shape index (κ3) is 11.0. The Kier molecular flexibility index (Phi) is 19.0. The number of hydrogen-bond donors (Lipinski definition) is 2. The Morgan fingerprint density at radius 3 is 1.70 bits per heavy atom. The van der Waals surface area contributed by atoms with Crippen molar-refractivity contribution < 1.29 is 70.9 Å². The number of hydrogen-bond acceptors (Lipinski definition) is 9. The molecule has 0 amide bonds. The van der Waals surface area contributed by atoms with Crippen molar-refractivity contribution in [3.63, 3.8) is 0 Å². The maximum Gasteiger partial charge on any atom is 1.00 e. The average molecular weight is 826 g/mol. The van der Waals surface area contributed by atoms with Gasteiger partial charge in [-0.15, -0.1) is 0 Å². The number of nitrogens with zero attached hydrogens (tertiary/aromatic N) is 2. The van der Waals surface area contributed by atoms with Crippen LogP contribution in [0.2, 0.25) is 0 Å². The standard InChI is InChI=1S/C14H21BrN2O4S.C13H16BrNO3S.CH4O.CH3O.Na/c1-6-21-13(18)14(4,5)17(22(16,19)20)11-7-9(2)12(15)10(3)8-11;1-8-5-10(6-9(2)12(8)14)15-13(3,4)11(16)7-19(15,17)18;2*1-2;/h7-8H,6H2,1-5H3,(H2,16,19,20);5-6H,7H2,1-4H3;2H,1H3;1H3;/q;;;-1;+1. The van der Waals surface area contributed by atoms with Crippen LogP contribution in [0.4, 0.5) is 11.4 Å². The average Bonchev–Trinajstić information content (AvgIpc) is 3.08. The van der Waals surface area contributed by atoms with Crippen molar-refractivity contribution in [2.75, 3.05) is 35.2 Å². The van der Waals surface area contributed by atoms with Gasteiger partial charge in [-0.1, -0.05) is 31.9 Å². The fourth-order valence-corrected chi connectivity index (χ4v) is 8.22. The summed E-state index contributed by atoms with van der Waals surface area (Å²) in [6.45, 7) is 15.5. The molecule has 2 aromatic rings. The summed E-state index contributed by atoms with van der Waals surface area (Å²) in [7, 11) is -5.99. The smallest absolute Gasteiger partial charge is 0.857 e. The van der Waals surface area contributed by atoms with E-state index in [1.54, 1.807) is 45.0 Å². The van der Waals surface area contributed by atoms with Crippen LogP contribution >= 0.6 is 31.9 Å². The van der Waals surface area contributed by atoms with Crippen LogP contribution in [0.15, 0.2) is 33.2 Å². The summed E-state index contributed by atoms with van der Waals surface area (Å²) in [4.78, 5) is 24.1. The molecule has 0 bridgehead atoms. The number of halogens is 2. The van der Waals surface area contributed by atoms with E-state index < -0.39 is 43.0 Å². The molecular formula is C29H44Br2N3NaO9S2. The van der Waals surface area contributed by atoms with Crippen LogP contribution < -0.4 is 48.4 Å². The summed E-state index contributed by atoms with van der Waals surface area (Å²) in [5, 5.41) is 20.6. The van der Waals surface area contributed by atoms with E-state index in [4.69, 9.17) is 20.1 Å². The summed E-state index contributed by atoms with van der Waals surface area (Å²) in [5.74, 6) is -1.36. The summed E-state index contributed by atoms with van der Waals surface area (Å²) in [6, 6.07) is 6.88. The van der Waals surface area contributed by atoms with Crippen LogP contribution in [0.25, 0.3) is 0 Å². The van der Waals surface area contributed by atoms with E-state index in [2.05, 4.69) is 31.9 Å². The Balaban J connectivity index is 0. The second kappa shape index (κ2) is 18.6. The van der Waals surface area contributed by atoms with E-state index >= 15 is 0 Å². The quantitative estimate of drug-likeness (QED) is 0.310. The van der Waals surface area contributed by atoms with Crippen molar-refractivity contribution in [2.45, 2.75) is 73.4 Å². The molecule has 17 heteroatoms. The van der Waals surface area contributed by atoms with E-state index in [1.807, 2.05) is 27.7 Å². The summed E-state index contributed by atoms with van der Waals surface area (Å²) in [6.07, 6.45) is 0. The molecule has 3 rings (SSSR count). The molecule has 46 heavy (non-hydrogen) atoms. The first-order valence-corrected chi connectivity index (χ1v) is 18.2. The molecular weight excluding hydrogens is 781 g/mol. The van der Waals surface area contributed by atoms with Gasteiger partial charge in [0, 0.05) is 16.1 Å². The van der Waals surface area contributed by atoms with Crippen molar-refractivity contribution >= 4 is 75.2 Å². The number of sulfonamides is 1. The maximum absolute atomic E-state index is 12.2. The van der Waals surface area contributed by atoms with Crippen LogP contribution in [0, 0.1) is 27.7 Å². The zero-order valence-corrected chi connectivity index (χ0v) is 35.3. The number of esters is 1. The van der Waals surface area contributed by atoms with Crippen LogP contribution in [-0.4, -0.2) is 71.4 Å². The van der Waals surface area contributed by atoms with Gasteiger partial charge in [0.05, 0.1) is 18.0 Å². The van der Waals surface area contributed by atoms with E-state index in [9.17, 15) is 26.4 Å². The molecule has 256 valence electrons. The number of aryl methyl sites for hydroxylation is 4. The summed E-state index contributed by atoms with van der Waals surface area (Å²) in [5.41, 5.74) is 1.95. The van der Waals surface area contributed by atoms with Gasteiger partial charge in [0.25, 0.3) is 10.2 Å². The first-order valence-electron chi connectivity index (χ1n) is 13.5. The first kappa shape index (κ1) is 47.0. The number of carbonyl (C=O) groups excluding carboxylic acids is 2. The number of rotatable bonds is 6. The van der Waals surface area contributed by atoms with E-state index in [-0.39, 0.29) is 41.9 Å². The minimum atomic E-state index is -4.17. The van der Waals surface area contributed by atoms with Crippen molar-refractivity contribution in [3.8, 4) is 0 Å². The molecule has 2 aromatic carbocycles. The van der Waals surface area contributed by atoms with Crippen LogP contribution in [-0.2, 0) is 34.6 Å². The monoisotopic (exact) mass is 823 g/mol. The van der Waals surface area contributed by atoms with Crippen LogP contribution in [0.3, 0.4) is 0 Å². The Morgan fingerprint density at radius 1 is 1.02 bits per heavy atom. The number of ether oxygens (including phenoxy) is 1. The van der Waals surface area contributed by atoms with Gasteiger partial charge in [-0.25, -0.2) is 22.7 Å². The Labute approximate surface area is 312 Å². The number of aliphatic hydroxyl groups is 1. The predicted molar refractivity (Wildman–Crippen MR) is 183 cm³/mol. The zero-order chi connectivity index (χ0) is 35.9. The fraction of sp³-hybridized carbons (Fsp3) is 0.517.